The summed E-state index contributed by atoms with van der Waals surface area (Å²) in [5.74, 6) is 0.739. The molecule has 0 bridgehead atoms. The van der Waals surface area contributed by atoms with Crippen molar-refractivity contribution in [2.45, 2.75) is 36.3 Å². The summed E-state index contributed by atoms with van der Waals surface area (Å²) in [4.78, 5) is 24.9. The van der Waals surface area contributed by atoms with E-state index in [2.05, 4.69) is 19.6 Å². The van der Waals surface area contributed by atoms with E-state index >= 15 is 0 Å². The highest BCUT2D eigenvalue weighted by atomic mass is 32.2. The molecule has 150 valence electrons. The normalized spacial score (nSPS) is 11.1. The number of hydrogen-bond donors (Lipinski definition) is 0. The van der Waals surface area contributed by atoms with Gasteiger partial charge >= 0.3 is 6.09 Å². The van der Waals surface area contributed by atoms with E-state index in [4.69, 9.17) is 4.74 Å². The first kappa shape index (κ1) is 22.0. The Kier molecular flexibility index (Phi) is 7.65. The van der Waals surface area contributed by atoms with Crippen LogP contribution in [0.5, 0.6) is 0 Å². The second-order valence-corrected chi connectivity index (χ2v) is 14.4. The molecule has 1 amide bonds. The molecule has 0 atom stereocenters. The molecule has 8 heteroatoms. The monoisotopic (exact) mass is 418 g/mol. The van der Waals surface area contributed by atoms with Crippen LogP contribution < -0.4 is 4.90 Å². The van der Waals surface area contributed by atoms with Crippen LogP contribution in [0.15, 0.2) is 53.4 Å². The number of hydrogen-bond acceptors (Lipinski definition) is 5. The zero-order chi connectivity index (χ0) is 20.7. The van der Waals surface area contributed by atoms with Crippen LogP contribution in [-0.4, -0.2) is 32.7 Å². The minimum Gasteiger partial charge on any atom is -0.449 e. The number of thioether (sulfide) groups is 1. The third-order valence-corrected chi connectivity index (χ3v) is 6.92. The summed E-state index contributed by atoms with van der Waals surface area (Å²) in [5.41, 5.74) is 1.98. The standard InChI is InChI=1S/C20H26N2O4SSi/c1-21(20(23)26-13-14-28(2,3)4)17-7-5-16(6-8-17)15-27-19-11-9-18(10-12-19)22(24)25/h5-12H,13-15H2,1-4H3. The number of carbonyl (C=O) groups is 1. The van der Waals surface area contributed by atoms with Gasteiger partial charge in [-0.1, -0.05) is 31.8 Å². The third-order valence-electron chi connectivity index (χ3n) is 4.13. The summed E-state index contributed by atoms with van der Waals surface area (Å²) in [5, 5.41) is 10.7. The molecule has 6 nitrogen and oxygen atoms in total. The lowest BCUT2D eigenvalue weighted by atomic mass is 10.2. The van der Waals surface area contributed by atoms with Gasteiger partial charge in [-0.25, -0.2) is 4.79 Å². The molecule has 0 radical (unpaired) electrons. The van der Waals surface area contributed by atoms with Gasteiger partial charge in [-0.3, -0.25) is 15.0 Å². The highest BCUT2D eigenvalue weighted by Crippen LogP contribution is 2.26. The molecule has 0 saturated carbocycles. The van der Waals surface area contributed by atoms with Gasteiger partial charge in [0.15, 0.2) is 0 Å². The van der Waals surface area contributed by atoms with E-state index in [0.29, 0.717) is 6.61 Å². The van der Waals surface area contributed by atoms with E-state index in [9.17, 15) is 14.9 Å². The van der Waals surface area contributed by atoms with E-state index in [1.165, 1.54) is 17.0 Å². The lowest BCUT2D eigenvalue weighted by Gasteiger charge is -2.20. The van der Waals surface area contributed by atoms with Crippen molar-refractivity contribution in [3.63, 3.8) is 0 Å². The number of benzene rings is 2. The molecule has 0 fully saturated rings. The summed E-state index contributed by atoms with van der Waals surface area (Å²) in [6, 6.07) is 15.2. The maximum atomic E-state index is 12.2. The van der Waals surface area contributed by atoms with Crippen LogP contribution in [0.1, 0.15) is 5.56 Å². The summed E-state index contributed by atoms with van der Waals surface area (Å²) in [7, 11) is 0.483. The fourth-order valence-corrected chi connectivity index (χ4v) is 3.86. The van der Waals surface area contributed by atoms with Crippen LogP contribution in [-0.2, 0) is 10.5 Å². The Hall–Kier alpha value is -2.32. The molecule has 0 saturated heterocycles. The molecule has 0 N–H and O–H groups in total. The Morgan fingerprint density at radius 1 is 1.11 bits per heavy atom. The van der Waals surface area contributed by atoms with Gasteiger partial charge in [-0.2, -0.15) is 0 Å². The molecule has 0 aromatic heterocycles. The van der Waals surface area contributed by atoms with E-state index in [0.717, 1.165) is 27.9 Å². The van der Waals surface area contributed by atoms with Gasteiger partial charge in [0.25, 0.3) is 5.69 Å². The van der Waals surface area contributed by atoms with Crippen LogP contribution in [0.4, 0.5) is 16.2 Å². The van der Waals surface area contributed by atoms with Crippen molar-refractivity contribution in [1.29, 1.82) is 0 Å². The summed E-state index contributed by atoms with van der Waals surface area (Å²) < 4.78 is 5.37. The molecule has 0 unspecified atom stereocenters. The molecule has 0 aliphatic rings. The van der Waals surface area contributed by atoms with Crippen molar-refractivity contribution in [2.75, 3.05) is 18.6 Å². The number of ether oxygens (including phenoxy) is 1. The van der Waals surface area contributed by atoms with Gasteiger partial charge in [0.2, 0.25) is 0 Å². The third kappa shape index (κ3) is 7.01. The maximum absolute atomic E-state index is 12.2. The molecule has 2 aromatic carbocycles. The van der Waals surface area contributed by atoms with E-state index in [1.54, 1.807) is 30.9 Å². The topological polar surface area (TPSA) is 72.7 Å². The highest BCUT2D eigenvalue weighted by molar-refractivity contribution is 7.98. The van der Waals surface area contributed by atoms with Gasteiger partial charge in [-0.15, -0.1) is 11.8 Å². The summed E-state index contributed by atoms with van der Waals surface area (Å²) >= 11 is 1.60. The van der Waals surface area contributed by atoms with Crippen LogP contribution in [0, 0.1) is 10.1 Å². The zero-order valence-corrected chi connectivity index (χ0v) is 18.5. The lowest BCUT2D eigenvalue weighted by Crippen LogP contribution is -2.29. The van der Waals surface area contributed by atoms with Crippen molar-refractivity contribution >= 4 is 37.3 Å². The first-order chi connectivity index (χ1) is 13.2. The van der Waals surface area contributed by atoms with Crippen molar-refractivity contribution in [3.8, 4) is 0 Å². The average Bonchev–Trinajstić information content (AvgIpc) is 2.65. The second-order valence-electron chi connectivity index (χ2n) is 7.69. The predicted octanol–water partition coefficient (Wildman–Crippen LogP) is 5.80. The minimum atomic E-state index is -1.22. The van der Waals surface area contributed by atoms with Gasteiger partial charge < -0.3 is 4.74 Å². The quantitative estimate of drug-likeness (QED) is 0.234. The number of anilines is 1. The second kappa shape index (κ2) is 9.75. The van der Waals surface area contributed by atoms with Crippen molar-refractivity contribution in [3.05, 3.63) is 64.2 Å². The van der Waals surface area contributed by atoms with Crippen LogP contribution >= 0.6 is 11.8 Å². The molecule has 2 aromatic rings. The van der Waals surface area contributed by atoms with Gasteiger partial charge in [-0.05, 0) is 35.9 Å². The molecular weight excluding hydrogens is 392 g/mol. The number of amides is 1. The highest BCUT2D eigenvalue weighted by Gasteiger charge is 2.16. The van der Waals surface area contributed by atoms with Gasteiger partial charge in [0.1, 0.15) is 0 Å². The number of rotatable bonds is 8. The molecule has 0 aliphatic heterocycles. The Morgan fingerprint density at radius 2 is 1.71 bits per heavy atom. The number of nitrogens with zero attached hydrogens (tertiary/aromatic N) is 2. The van der Waals surface area contributed by atoms with E-state index < -0.39 is 13.0 Å². The number of non-ortho nitro benzene ring substituents is 1. The number of nitro groups is 1. The minimum absolute atomic E-state index is 0.0912. The van der Waals surface area contributed by atoms with E-state index in [-0.39, 0.29) is 11.8 Å². The molecule has 0 aliphatic carbocycles. The predicted molar refractivity (Wildman–Crippen MR) is 117 cm³/mol. The molecule has 2 rings (SSSR count). The molecule has 0 spiro atoms. The largest absolute Gasteiger partial charge is 0.449 e. The van der Waals surface area contributed by atoms with Crippen molar-refractivity contribution in [1.82, 2.24) is 0 Å². The SMILES string of the molecule is CN(C(=O)OCC[Si](C)(C)C)c1ccc(CSc2ccc([N+](=O)[O-])cc2)cc1. The Balaban J connectivity index is 1.86. The number of nitro benzene ring substituents is 1. The Bertz CT molecular complexity index is 804. The Morgan fingerprint density at radius 3 is 2.25 bits per heavy atom. The zero-order valence-electron chi connectivity index (χ0n) is 16.7. The first-order valence-corrected chi connectivity index (χ1v) is 13.7. The number of carbonyl (C=O) groups excluding carboxylic acids is 1. The summed E-state index contributed by atoms with van der Waals surface area (Å²) in [6.07, 6.45) is -0.341. The maximum Gasteiger partial charge on any atom is 0.413 e. The molecule has 0 heterocycles. The fourth-order valence-electron chi connectivity index (χ4n) is 2.29. The fraction of sp³-hybridized carbons (Fsp3) is 0.350. The van der Waals surface area contributed by atoms with Crippen LogP contribution in [0.3, 0.4) is 0 Å². The van der Waals surface area contributed by atoms with Gasteiger partial charge in [0.05, 0.1) is 11.5 Å². The average molecular weight is 419 g/mol. The summed E-state index contributed by atoms with van der Waals surface area (Å²) in [6.45, 7) is 7.21. The van der Waals surface area contributed by atoms with Crippen molar-refractivity contribution in [2.24, 2.45) is 0 Å². The first-order valence-electron chi connectivity index (χ1n) is 9.02. The Labute approximate surface area is 171 Å². The lowest BCUT2D eigenvalue weighted by molar-refractivity contribution is -0.384. The molecular formula is C20H26N2O4SSi. The van der Waals surface area contributed by atoms with Crippen LogP contribution in [0.2, 0.25) is 25.7 Å². The van der Waals surface area contributed by atoms with Gasteiger partial charge in [0, 0.05) is 43.6 Å². The molecule has 28 heavy (non-hydrogen) atoms. The van der Waals surface area contributed by atoms with Crippen molar-refractivity contribution < 1.29 is 14.5 Å². The smallest absolute Gasteiger partial charge is 0.413 e. The van der Waals surface area contributed by atoms with Crippen LogP contribution in [0.25, 0.3) is 0 Å². The van der Waals surface area contributed by atoms with E-state index in [1.807, 2.05) is 24.3 Å².